The number of benzene rings is 1. The van der Waals surface area contributed by atoms with E-state index in [4.69, 9.17) is 13.9 Å². The second-order valence-electron chi connectivity index (χ2n) is 11.1. The number of hydrogen-bond acceptors (Lipinski definition) is 5. The van der Waals surface area contributed by atoms with Crippen molar-refractivity contribution in [1.29, 1.82) is 0 Å². The Kier molecular flexibility index (Phi) is 8.50. The van der Waals surface area contributed by atoms with Crippen molar-refractivity contribution in [2.24, 2.45) is 0 Å². The molecule has 0 amide bonds. The van der Waals surface area contributed by atoms with Gasteiger partial charge in [-0.1, -0.05) is 53.2 Å². The van der Waals surface area contributed by atoms with Crippen molar-refractivity contribution in [2.75, 3.05) is 0 Å². The minimum atomic E-state index is -2.09. The van der Waals surface area contributed by atoms with E-state index < -0.39 is 20.1 Å². The molecule has 0 radical (unpaired) electrons. The number of rotatable bonds is 9. The Balaban J connectivity index is 2.52. The Morgan fingerprint density at radius 1 is 1.06 bits per heavy atom. The quantitative estimate of drug-likeness (QED) is 0.230. The fourth-order valence-corrected chi connectivity index (χ4v) is 11.0. The monoisotopic (exact) mass is 476 g/mol. The number of phenolic OH excluding ortho intramolecular Hbond substituents is 1. The lowest BCUT2D eigenvalue weighted by Crippen LogP contribution is -2.50. The highest BCUT2D eigenvalue weighted by atomic mass is 28.4. The van der Waals surface area contributed by atoms with Gasteiger partial charge < -0.3 is 19.0 Å². The van der Waals surface area contributed by atoms with Crippen molar-refractivity contribution in [3.05, 3.63) is 34.4 Å². The van der Waals surface area contributed by atoms with Gasteiger partial charge in [0.1, 0.15) is 17.1 Å². The molecule has 1 aliphatic rings. The average molecular weight is 477 g/mol. The van der Waals surface area contributed by atoms with Gasteiger partial charge in [-0.25, -0.2) is 4.79 Å². The van der Waals surface area contributed by atoms with Gasteiger partial charge in [-0.15, -0.1) is 0 Å². The van der Waals surface area contributed by atoms with E-state index in [-0.39, 0.29) is 11.9 Å². The Morgan fingerprint density at radius 3 is 2.09 bits per heavy atom. The van der Waals surface area contributed by atoms with Crippen molar-refractivity contribution >= 4 is 14.3 Å². The van der Waals surface area contributed by atoms with Crippen molar-refractivity contribution in [3.63, 3.8) is 0 Å². The molecule has 1 aliphatic heterocycles. The van der Waals surface area contributed by atoms with Gasteiger partial charge in [-0.05, 0) is 61.9 Å². The van der Waals surface area contributed by atoms with Gasteiger partial charge in [-0.2, -0.15) is 0 Å². The van der Waals surface area contributed by atoms with Gasteiger partial charge in [-0.3, -0.25) is 0 Å². The number of carbonyl (C=O) groups is 1. The SMILES string of the molecule is CC(C)=CCc1c(O)cc(C[C@@H](C)O[Si](C(C)C)(C(C)C)C(C)C)c2c1OC(C)(C)OC2=O. The normalized spacial score (nSPS) is 16.5. The summed E-state index contributed by atoms with van der Waals surface area (Å²) in [4.78, 5) is 13.1. The Hall–Kier alpha value is -1.79. The van der Waals surface area contributed by atoms with Crippen LogP contribution >= 0.6 is 0 Å². The van der Waals surface area contributed by atoms with Crippen LogP contribution in [0.15, 0.2) is 17.7 Å². The van der Waals surface area contributed by atoms with Crippen LogP contribution < -0.4 is 4.74 Å². The van der Waals surface area contributed by atoms with E-state index in [1.165, 1.54) is 0 Å². The number of carbonyl (C=O) groups excluding carboxylic acids is 1. The summed E-state index contributed by atoms with van der Waals surface area (Å²) >= 11 is 0. The molecule has 1 heterocycles. The third-order valence-electron chi connectivity index (χ3n) is 6.67. The van der Waals surface area contributed by atoms with Crippen LogP contribution in [0.3, 0.4) is 0 Å². The number of ether oxygens (including phenoxy) is 2. The molecule has 0 bridgehead atoms. The van der Waals surface area contributed by atoms with Crippen LogP contribution in [-0.4, -0.2) is 31.3 Å². The molecular formula is C27H44O5Si. The number of aromatic hydroxyl groups is 1. The zero-order valence-corrected chi connectivity index (χ0v) is 23.5. The minimum Gasteiger partial charge on any atom is -0.508 e. The molecule has 6 heteroatoms. The van der Waals surface area contributed by atoms with E-state index >= 15 is 0 Å². The number of esters is 1. The van der Waals surface area contributed by atoms with Gasteiger partial charge in [0.2, 0.25) is 14.1 Å². The van der Waals surface area contributed by atoms with E-state index in [9.17, 15) is 9.90 Å². The summed E-state index contributed by atoms with van der Waals surface area (Å²) in [5, 5.41) is 10.9. The van der Waals surface area contributed by atoms with Crippen molar-refractivity contribution < 1.29 is 23.8 Å². The van der Waals surface area contributed by atoms with Gasteiger partial charge in [0, 0.05) is 25.5 Å². The highest BCUT2D eigenvalue weighted by Crippen LogP contribution is 2.45. The lowest BCUT2D eigenvalue weighted by atomic mass is 9.94. The third-order valence-corrected chi connectivity index (χ3v) is 12.9. The molecule has 33 heavy (non-hydrogen) atoms. The number of cyclic esters (lactones) is 1. The van der Waals surface area contributed by atoms with Crippen LogP contribution in [0.25, 0.3) is 0 Å². The third kappa shape index (κ3) is 5.83. The molecule has 0 aromatic heterocycles. The standard InChI is InChI=1S/C27H44O5Si/c1-16(2)12-13-22-23(28)15-21(24-25(22)30-27(10,11)31-26(24)29)14-20(9)32-33(17(3)4,18(5)6)19(7)8/h12,15,17-20,28H,13-14H2,1-11H3/t20-/m1/s1. The zero-order valence-electron chi connectivity index (χ0n) is 22.5. The minimum absolute atomic E-state index is 0.112. The molecule has 1 aromatic rings. The van der Waals surface area contributed by atoms with Crippen LogP contribution in [-0.2, 0) is 22.0 Å². The summed E-state index contributed by atoms with van der Waals surface area (Å²) in [7, 11) is -2.09. The first-order valence-electron chi connectivity index (χ1n) is 12.2. The molecule has 0 spiro atoms. The summed E-state index contributed by atoms with van der Waals surface area (Å²) in [6.45, 7) is 23.1. The summed E-state index contributed by atoms with van der Waals surface area (Å²) in [5.74, 6) is -0.941. The Bertz CT molecular complexity index is 872. The van der Waals surface area contributed by atoms with Crippen LogP contribution in [0, 0.1) is 0 Å². The Morgan fingerprint density at radius 2 is 1.61 bits per heavy atom. The predicted molar refractivity (Wildman–Crippen MR) is 137 cm³/mol. The van der Waals surface area contributed by atoms with E-state index in [2.05, 4.69) is 48.5 Å². The number of fused-ring (bicyclic) bond motifs is 1. The molecule has 0 aliphatic carbocycles. The smallest absolute Gasteiger partial charge is 0.345 e. The molecule has 1 atom stereocenters. The van der Waals surface area contributed by atoms with Crippen LogP contribution in [0.1, 0.15) is 97.6 Å². The maximum atomic E-state index is 13.1. The molecule has 186 valence electrons. The first kappa shape index (κ1) is 27.5. The number of allylic oxidation sites excluding steroid dienone is 2. The first-order valence-corrected chi connectivity index (χ1v) is 14.4. The summed E-state index contributed by atoms with van der Waals surface area (Å²) in [6.07, 6.45) is 2.89. The number of phenols is 1. The van der Waals surface area contributed by atoms with E-state index in [0.717, 1.165) is 5.57 Å². The molecule has 1 aromatic carbocycles. The van der Waals surface area contributed by atoms with Crippen LogP contribution in [0.5, 0.6) is 11.5 Å². The fourth-order valence-electron chi connectivity index (χ4n) is 5.39. The molecule has 0 fully saturated rings. The lowest BCUT2D eigenvalue weighted by Gasteiger charge is -2.44. The van der Waals surface area contributed by atoms with E-state index in [1.54, 1.807) is 19.9 Å². The van der Waals surface area contributed by atoms with Gasteiger partial charge in [0.05, 0.1) is 0 Å². The largest absolute Gasteiger partial charge is 0.508 e. The van der Waals surface area contributed by atoms with E-state index in [0.29, 0.717) is 51.9 Å². The molecule has 1 N–H and O–H groups in total. The van der Waals surface area contributed by atoms with E-state index in [1.807, 2.05) is 19.9 Å². The van der Waals surface area contributed by atoms with Gasteiger partial charge in [0.15, 0.2) is 0 Å². The van der Waals surface area contributed by atoms with Crippen LogP contribution in [0.4, 0.5) is 0 Å². The fraction of sp³-hybridized carbons (Fsp3) is 0.667. The predicted octanol–water partition coefficient (Wildman–Crippen LogP) is 7.31. The highest BCUT2D eigenvalue weighted by molar-refractivity contribution is 6.77. The molecule has 5 nitrogen and oxygen atoms in total. The maximum Gasteiger partial charge on any atom is 0.345 e. The molecule has 0 unspecified atom stereocenters. The Labute approximate surface area is 201 Å². The topological polar surface area (TPSA) is 65.0 Å². The number of hydrogen-bond donors (Lipinski definition) is 1. The molecule has 0 saturated carbocycles. The van der Waals surface area contributed by atoms with Crippen molar-refractivity contribution in [2.45, 2.75) is 118 Å². The highest BCUT2D eigenvalue weighted by Gasteiger charge is 2.46. The zero-order chi connectivity index (χ0) is 25.3. The summed E-state index contributed by atoms with van der Waals surface area (Å²) in [5.41, 5.74) is 4.24. The van der Waals surface area contributed by atoms with Crippen molar-refractivity contribution in [1.82, 2.24) is 0 Å². The second kappa shape index (κ2) is 10.2. The molecular weight excluding hydrogens is 432 g/mol. The molecule has 0 saturated heterocycles. The maximum absolute atomic E-state index is 13.1. The van der Waals surface area contributed by atoms with Crippen molar-refractivity contribution in [3.8, 4) is 11.5 Å². The molecule has 2 rings (SSSR count). The van der Waals surface area contributed by atoms with Gasteiger partial charge >= 0.3 is 5.97 Å². The average Bonchev–Trinajstić information content (AvgIpc) is 2.62. The second-order valence-corrected chi connectivity index (χ2v) is 16.5. The van der Waals surface area contributed by atoms with Gasteiger partial charge in [0.25, 0.3) is 0 Å². The first-order chi connectivity index (χ1) is 15.1. The summed E-state index contributed by atoms with van der Waals surface area (Å²) < 4.78 is 18.6. The summed E-state index contributed by atoms with van der Waals surface area (Å²) in [6, 6.07) is 1.69. The lowest BCUT2D eigenvalue weighted by molar-refractivity contribution is -0.128. The van der Waals surface area contributed by atoms with Crippen LogP contribution in [0.2, 0.25) is 16.6 Å².